The fourth-order valence-corrected chi connectivity index (χ4v) is 3.61. The molecule has 0 bridgehead atoms. The van der Waals surface area contributed by atoms with Crippen LogP contribution in [0, 0.1) is 0 Å². The molecule has 2 nitrogen and oxygen atoms in total. The van der Waals surface area contributed by atoms with Crippen LogP contribution in [0.4, 0.5) is 0 Å². The van der Waals surface area contributed by atoms with E-state index in [9.17, 15) is 0 Å². The third-order valence-electron chi connectivity index (χ3n) is 4.90. The van der Waals surface area contributed by atoms with Crippen LogP contribution in [-0.2, 0) is 13.0 Å². The molecule has 0 aliphatic carbocycles. The monoisotopic (exact) mass is 329 g/mol. The Morgan fingerprint density at radius 3 is 2.64 bits per heavy atom. The average Bonchev–Trinajstić information content (AvgIpc) is 2.65. The van der Waals surface area contributed by atoms with Crippen molar-refractivity contribution in [3.63, 3.8) is 0 Å². The third-order valence-corrected chi connectivity index (χ3v) is 4.90. The van der Waals surface area contributed by atoms with Crippen molar-refractivity contribution in [2.24, 2.45) is 0 Å². The first kappa shape index (κ1) is 15.9. The number of nitrogens with zero attached hydrogens (tertiary/aromatic N) is 1. The van der Waals surface area contributed by atoms with E-state index in [1.165, 1.54) is 21.9 Å². The second kappa shape index (κ2) is 7.12. The quantitative estimate of drug-likeness (QED) is 0.638. The SMILES string of the molecule is C=C[C@@H]1CN(Cc2ccccc2)CCc2c(ccc3ccccc23)O1. The lowest BCUT2D eigenvalue weighted by atomic mass is 9.99. The Kier molecular flexibility index (Phi) is 4.53. The predicted octanol–water partition coefficient (Wildman–Crippen LogP) is 4.83. The largest absolute Gasteiger partial charge is 0.485 e. The van der Waals surface area contributed by atoms with Gasteiger partial charge in [0.15, 0.2) is 0 Å². The number of rotatable bonds is 3. The Balaban J connectivity index is 1.66. The van der Waals surface area contributed by atoms with Crippen molar-refractivity contribution >= 4 is 10.8 Å². The van der Waals surface area contributed by atoms with Crippen LogP contribution in [0.5, 0.6) is 5.75 Å². The van der Waals surface area contributed by atoms with Gasteiger partial charge in [-0.25, -0.2) is 0 Å². The van der Waals surface area contributed by atoms with Crippen LogP contribution in [0.15, 0.2) is 79.4 Å². The van der Waals surface area contributed by atoms with E-state index in [4.69, 9.17) is 4.74 Å². The van der Waals surface area contributed by atoms with E-state index >= 15 is 0 Å². The van der Waals surface area contributed by atoms with E-state index in [0.717, 1.165) is 31.8 Å². The summed E-state index contributed by atoms with van der Waals surface area (Å²) in [6.45, 7) is 6.80. The zero-order chi connectivity index (χ0) is 17.1. The van der Waals surface area contributed by atoms with Crippen LogP contribution in [0.2, 0.25) is 0 Å². The van der Waals surface area contributed by atoms with Gasteiger partial charge in [-0.2, -0.15) is 0 Å². The molecular formula is C23H23NO. The van der Waals surface area contributed by atoms with Gasteiger partial charge >= 0.3 is 0 Å². The van der Waals surface area contributed by atoms with Crippen molar-refractivity contribution in [2.75, 3.05) is 13.1 Å². The van der Waals surface area contributed by atoms with Crippen molar-refractivity contribution in [1.82, 2.24) is 4.90 Å². The van der Waals surface area contributed by atoms with E-state index in [1.54, 1.807) is 0 Å². The van der Waals surface area contributed by atoms with Crippen molar-refractivity contribution in [3.05, 3.63) is 90.5 Å². The first-order valence-electron chi connectivity index (χ1n) is 8.89. The zero-order valence-corrected chi connectivity index (χ0v) is 14.4. The van der Waals surface area contributed by atoms with E-state index < -0.39 is 0 Å². The van der Waals surface area contributed by atoms with Gasteiger partial charge in [0.05, 0.1) is 0 Å². The molecule has 0 fully saturated rings. The molecule has 0 spiro atoms. The number of fused-ring (bicyclic) bond motifs is 3. The van der Waals surface area contributed by atoms with Crippen molar-refractivity contribution in [1.29, 1.82) is 0 Å². The standard InChI is InChI=1S/C23H23NO/c1-2-20-17-24(16-18-8-4-3-5-9-18)15-14-22-21-11-7-6-10-19(21)12-13-23(22)25-20/h2-13,20H,1,14-17H2/t20-/m1/s1. The Morgan fingerprint density at radius 2 is 1.80 bits per heavy atom. The Bertz CT molecular complexity index is 872. The molecule has 1 heterocycles. The van der Waals surface area contributed by atoms with Crippen LogP contribution < -0.4 is 4.74 Å². The van der Waals surface area contributed by atoms with E-state index in [2.05, 4.69) is 78.2 Å². The summed E-state index contributed by atoms with van der Waals surface area (Å²) < 4.78 is 6.30. The molecule has 126 valence electrons. The highest BCUT2D eigenvalue weighted by Crippen LogP contribution is 2.31. The van der Waals surface area contributed by atoms with Gasteiger partial charge in [-0.3, -0.25) is 4.90 Å². The lowest BCUT2D eigenvalue weighted by molar-refractivity contribution is 0.149. The number of benzene rings is 3. The number of hydrogen-bond acceptors (Lipinski definition) is 2. The highest BCUT2D eigenvalue weighted by Gasteiger charge is 2.20. The summed E-state index contributed by atoms with van der Waals surface area (Å²) in [7, 11) is 0. The molecule has 2 heteroatoms. The van der Waals surface area contributed by atoms with Gasteiger partial charge in [0.2, 0.25) is 0 Å². The van der Waals surface area contributed by atoms with E-state index in [1.807, 2.05) is 6.08 Å². The molecule has 3 aromatic carbocycles. The summed E-state index contributed by atoms with van der Waals surface area (Å²) in [5.74, 6) is 1.00. The van der Waals surface area contributed by atoms with Crippen LogP contribution >= 0.6 is 0 Å². The summed E-state index contributed by atoms with van der Waals surface area (Å²) in [5.41, 5.74) is 2.65. The second-order valence-electron chi connectivity index (χ2n) is 6.63. The fourth-order valence-electron chi connectivity index (χ4n) is 3.61. The van der Waals surface area contributed by atoms with Gasteiger partial charge in [-0.1, -0.05) is 73.3 Å². The lowest BCUT2D eigenvalue weighted by Crippen LogP contribution is -2.37. The normalized spacial score (nSPS) is 18.0. The summed E-state index contributed by atoms with van der Waals surface area (Å²) in [5, 5.41) is 2.57. The van der Waals surface area contributed by atoms with E-state index in [0.29, 0.717) is 0 Å². The minimum Gasteiger partial charge on any atom is -0.485 e. The molecule has 0 aromatic heterocycles. The molecule has 0 saturated heterocycles. The molecule has 3 aromatic rings. The van der Waals surface area contributed by atoms with Gasteiger partial charge < -0.3 is 4.74 Å². The first-order chi connectivity index (χ1) is 12.3. The molecule has 1 aliphatic heterocycles. The molecule has 0 saturated carbocycles. The van der Waals surface area contributed by atoms with Gasteiger partial charge in [-0.15, -0.1) is 0 Å². The topological polar surface area (TPSA) is 12.5 Å². The van der Waals surface area contributed by atoms with Crippen LogP contribution in [-0.4, -0.2) is 24.1 Å². The molecule has 0 N–H and O–H groups in total. The van der Waals surface area contributed by atoms with Gasteiger partial charge in [0.25, 0.3) is 0 Å². The molecular weight excluding hydrogens is 306 g/mol. The van der Waals surface area contributed by atoms with E-state index in [-0.39, 0.29) is 6.10 Å². The van der Waals surface area contributed by atoms with Crippen LogP contribution in [0.25, 0.3) is 10.8 Å². The summed E-state index contributed by atoms with van der Waals surface area (Å²) in [4.78, 5) is 2.46. The molecule has 1 atom stereocenters. The molecule has 4 rings (SSSR count). The maximum atomic E-state index is 6.30. The zero-order valence-electron chi connectivity index (χ0n) is 14.4. The predicted molar refractivity (Wildman–Crippen MR) is 104 cm³/mol. The van der Waals surface area contributed by atoms with Crippen LogP contribution in [0.1, 0.15) is 11.1 Å². The summed E-state index contributed by atoms with van der Waals surface area (Å²) in [6.07, 6.45) is 2.92. The first-order valence-corrected chi connectivity index (χ1v) is 8.89. The van der Waals surface area contributed by atoms with Crippen molar-refractivity contribution in [3.8, 4) is 5.75 Å². The highest BCUT2D eigenvalue weighted by molar-refractivity contribution is 5.87. The molecule has 0 unspecified atom stereocenters. The number of ether oxygens (including phenoxy) is 1. The van der Waals surface area contributed by atoms with Crippen molar-refractivity contribution in [2.45, 2.75) is 19.1 Å². The molecule has 1 aliphatic rings. The Morgan fingerprint density at radius 1 is 1.00 bits per heavy atom. The number of hydrogen-bond donors (Lipinski definition) is 0. The average molecular weight is 329 g/mol. The van der Waals surface area contributed by atoms with Gasteiger partial charge in [0, 0.05) is 25.2 Å². The minimum atomic E-state index is 0.00363. The van der Waals surface area contributed by atoms with Crippen molar-refractivity contribution < 1.29 is 4.74 Å². The molecule has 25 heavy (non-hydrogen) atoms. The maximum absolute atomic E-state index is 6.30. The second-order valence-corrected chi connectivity index (χ2v) is 6.63. The van der Waals surface area contributed by atoms with Gasteiger partial charge in [0.1, 0.15) is 11.9 Å². The van der Waals surface area contributed by atoms with Gasteiger partial charge in [-0.05, 0) is 28.8 Å². The third kappa shape index (κ3) is 3.45. The van der Waals surface area contributed by atoms with Crippen LogP contribution in [0.3, 0.4) is 0 Å². The minimum absolute atomic E-state index is 0.00363. The highest BCUT2D eigenvalue weighted by atomic mass is 16.5. The summed E-state index contributed by atoms with van der Waals surface area (Å²) >= 11 is 0. The Hall–Kier alpha value is -2.58. The molecule has 0 radical (unpaired) electrons. The Labute approximate surface area is 149 Å². The summed E-state index contributed by atoms with van der Waals surface area (Å²) in [6, 6.07) is 23.5. The smallest absolute Gasteiger partial charge is 0.129 e. The maximum Gasteiger partial charge on any atom is 0.129 e. The fraction of sp³-hybridized carbons (Fsp3) is 0.217. The molecule has 0 amide bonds. The lowest BCUT2D eigenvalue weighted by Gasteiger charge is -2.30.